The third-order valence-electron chi connectivity index (χ3n) is 13.1. The summed E-state index contributed by atoms with van der Waals surface area (Å²) in [5.74, 6) is -6.80. The van der Waals surface area contributed by atoms with Gasteiger partial charge in [0.1, 0.15) is 28.7 Å². The highest BCUT2D eigenvalue weighted by molar-refractivity contribution is 9.12. The van der Waals surface area contributed by atoms with Crippen molar-refractivity contribution in [3.8, 4) is 0 Å². The van der Waals surface area contributed by atoms with Gasteiger partial charge in [-0.1, -0.05) is 101 Å². The van der Waals surface area contributed by atoms with Crippen molar-refractivity contribution in [1.29, 1.82) is 0 Å². The molecule has 330 valence electrons. The van der Waals surface area contributed by atoms with E-state index in [2.05, 4.69) is 37.2 Å². The number of benzene rings is 2. The number of aliphatic hydroxyl groups excluding tert-OH is 2. The van der Waals surface area contributed by atoms with Crippen LogP contribution in [0.5, 0.6) is 0 Å². The van der Waals surface area contributed by atoms with Gasteiger partial charge in [0.2, 0.25) is 5.91 Å². The zero-order chi connectivity index (χ0) is 45.0. The summed E-state index contributed by atoms with van der Waals surface area (Å²) in [6, 6.07) is 14.8. The van der Waals surface area contributed by atoms with E-state index in [9.17, 15) is 39.3 Å². The van der Waals surface area contributed by atoms with Gasteiger partial charge in [-0.05, 0) is 42.7 Å². The van der Waals surface area contributed by atoms with Crippen LogP contribution >= 0.6 is 31.9 Å². The summed E-state index contributed by atoms with van der Waals surface area (Å²) in [6.07, 6.45) is -10.5. The first kappa shape index (κ1) is 46.5. The van der Waals surface area contributed by atoms with E-state index in [1.54, 1.807) is 69.3 Å². The van der Waals surface area contributed by atoms with E-state index in [1.165, 1.54) is 26.0 Å². The van der Waals surface area contributed by atoms with Crippen LogP contribution in [0.15, 0.2) is 71.8 Å². The molecule has 1 amide bonds. The molecule has 1 heterocycles. The molecule has 2 bridgehead atoms. The molecule has 15 nitrogen and oxygen atoms in total. The maximum Gasteiger partial charge on any atom is 0.338 e. The highest BCUT2D eigenvalue weighted by atomic mass is 79.9. The number of hydrogen-bond donors (Lipinski definition) is 4. The lowest BCUT2D eigenvalue weighted by Gasteiger charge is -2.67. The smallest absolute Gasteiger partial charge is 0.338 e. The van der Waals surface area contributed by atoms with Gasteiger partial charge in [0.25, 0.3) is 0 Å². The molecule has 2 saturated carbocycles. The lowest BCUT2D eigenvalue weighted by atomic mass is 9.44. The minimum absolute atomic E-state index is 0.00348. The zero-order valence-electron chi connectivity index (χ0n) is 34.8. The number of hydrogen-bond acceptors (Lipinski definition) is 14. The van der Waals surface area contributed by atoms with Gasteiger partial charge in [0.15, 0.2) is 23.6 Å². The van der Waals surface area contributed by atoms with E-state index >= 15 is 4.79 Å². The number of carbonyl (C=O) groups excluding carboxylic acids is 6. The molecular formula is C44H51Br2NO14. The van der Waals surface area contributed by atoms with Crippen LogP contribution in [0, 0.1) is 16.7 Å². The van der Waals surface area contributed by atoms with Crippen LogP contribution < -0.4 is 5.32 Å². The third-order valence-corrected chi connectivity index (χ3v) is 15.6. The summed E-state index contributed by atoms with van der Waals surface area (Å²) in [4.78, 5) is 82.1. The summed E-state index contributed by atoms with van der Waals surface area (Å²) < 4.78 is 30.2. The normalized spacial score (nSPS) is 33.3. The number of alkyl halides is 2. The second-order valence-corrected chi connectivity index (χ2v) is 19.5. The number of amides is 1. The Labute approximate surface area is 370 Å². The molecule has 3 aliphatic carbocycles. The molecule has 1 aliphatic heterocycles. The fraction of sp³-hybridized carbons (Fsp3) is 0.545. The van der Waals surface area contributed by atoms with E-state index in [0.717, 1.165) is 13.8 Å². The number of ketones is 1. The van der Waals surface area contributed by atoms with Crippen LogP contribution in [0.1, 0.15) is 83.3 Å². The zero-order valence-corrected chi connectivity index (χ0v) is 37.9. The van der Waals surface area contributed by atoms with E-state index in [-0.39, 0.29) is 34.6 Å². The van der Waals surface area contributed by atoms with E-state index in [1.807, 2.05) is 0 Å². The Kier molecular flexibility index (Phi) is 13.2. The number of rotatable bonds is 11. The average molecular weight is 978 g/mol. The Morgan fingerprint density at radius 1 is 0.918 bits per heavy atom. The number of esters is 4. The fourth-order valence-electron chi connectivity index (χ4n) is 9.81. The number of aliphatic hydroxyl groups is 3. The largest absolute Gasteiger partial charge is 0.456 e. The van der Waals surface area contributed by atoms with Crippen molar-refractivity contribution in [2.75, 3.05) is 6.61 Å². The molecule has 17 heteroatoms. The topological polar surface area (TPSA) is 221 Å². The number of carbonyl (C=O) groups is 6. The average Bonchev–Trinajstić information content (AvgIpc) is 3.20. The molecule has 4 aliphatic rings. The van der Waals surface area contributed by atoms with Crippen molar-refractivity contribution < 1.29 is 67.8 Å². The molecular weight excluding hydrogens is 926 g/mol. The molecule has 0 radical (unpaired) electrons. The van der Waals surface area contributed by atoms with Crippen molar-refractivity contribution in [3.05, 3.63) is 82.9 Å². The number of halogens is 2. The molecule has 6 rings (SSSR count). The van der Waals surface area contributed by atoms with E-state index in [4.69, 9.17) is 23.7 Å². The minimum Gasteiger partial charge on any atom is -0.456 e. The third kappa shape index (κ3) is 7.99. The molecule has 2 aromatic rings. The predicted molar refractivity (Wildman–Crippen MR) is 223 cm³/mol. The highest BCUT2D eigenvalue weighted by Gasteiger charge is 2.78. The first-order chi connectivity index (χ1) is 28.5. The molecule has 0 spiro atoms. The fourth-order valence-corrected chi connectivity index (χ4v) is 10.2. The standard InChI is InChI=1S/C44H51Br2NO14/c1-21-27(59-40(55)33(51)32(25-14-10-8-11-15-25)47-38(53)31(46)22(2)45)19-44(56)37(60-39(54)26-16-12-9-13-17-26)35-42(7,28(50)18-29-43(35,20-57-29)61-24(4)49)36(52)34(58-23(3)48)30(21)41(44,5)6/h8-17,22,27-29,31-35,37,50-51,56H,18-20H2,1-7H3,(H,47,53)/t22-,27-,28-,29+,31-,32-,33+,34+,35?,37-,42+,43-,44+/m0/s1. The number of ether oxygens (including phenoxy) is 5. The van der Waals surface area contributed by atoms with Gasteiger partial charge in [0.05, 0.1) is 35.6 Å². The summed E-state index contributed by atoms with van der Waals surface area (Å²) in [5.41, 5.74) is -7.27. The highest BCUT2D eigenvalue weighted by Crippen LogP contribution is 2.64. The van der Waals surface area contributed by atoms with Gasteiger partial charge < -0.3 is 44.3 Å². The Morgan fingerprint density at radius 3 is 2.07 bits per heavy atom. The Bertz CT molecular complexity index is 2100. The first-order valence-electron chi connectivity index (χ1n) is 19.9. The Morgan fingerprint density at radius 2 is 1.52 bits per heavy atom. The van der Waals surface area contributed by atoms with E-state index in [0.29, 0.717) is 5.56 Å². The summed E-state index contributed by atoms with van der Waals surface area (Å²) >= 11 is 6.69. The van der Waals surface area contributed by atoms with Crippen LogP contribution in [0.25, 0.3) is 0 Å². The second kappa shape index (κ2) is 17.3. The summed E-state index contributed by atoms with van der Waals surface area (Å²) in [7, 11) is 0. The molecule has 0 aromatic heterocycles. The van der Waals surface area contributed by atoms with Gasteiger partial charge in [0, 0.05) is 36.9 Å². The number of Topliss-reactive ketones (excluding diaryl/α,β-unsaturated/α-hetero) is 1. The van der Waals surface area contributed by atoms with Crippen LogP contribution in [0.3, 0.4) is 0 Å². The number of nitrogens with one attached hydrogen (secondary N) is 1. The van der Waals surface area contributed by atoms with Crippen LogP contribution in [-0.2, 0) is 47.7 Å². The molecule has 1 saturated heterocycles. The van der Waals surface area contributed by atoms with E-state index < -0.39 is 117 Å². The Balaban J connectivity index is 1.54. The first-order valence-corrected chi connectivity index (χ1v) is 21.8. The maximum absolute atomic E-state index is 15.5. The lowest BCUT2D eigenvalue weighted by molar-refractivity contribution is -0.346. The molecule has 2 aromatic carbocycles. The van der Waals surface area contributed by atoms with Crippen molar-refractivity contribution in [2.45, 2.75) is 125 Å². The Hall–Kier alpha value is -4.00. The van der Waals surface area contributed by atoms with Crippen molar-refractivity contribution in [3.63, 3.8) is 0 Å². The van der Waals surface area contributed by atoms with Crippen LogP contribution in [-0.4, -0.2) is 115 Å². The molecule has 3 fully saturated rings. The maximum atomic E-state index is 15.5. The van der Waals surface area contributed by atoms with Crippen molar-refractivity contribution in [2.24, 2.45) is 16.7 Å². The summed E-state index contributed by atoms with van der Waals surface area (Å²) in [5, 5.41) is 40.1. The molecule has 4 N–H and O–H groups in total. The van der Waals surface area contributed by atoms with Gasteiger partial charge in [-0.2, -0.15) is 0 Å². The quantitative estimate of drug-likeness (QED) is 0.108. The van der Waals surface area contributed by atoms with Gasteiger partial charge in [-0.3, -0.25) is 19.2 Å². The molecule has 1 unspecified atom stereocenters. The minimum atomic E-state index is -2.39. The van der Waals surface area contributed by atoms with Gasteiger partial charge >= 0.3 is 23.9 Å². The van der Waals surface area contributed by atoms with Gasteiger partial charge in [-0.15, -0.1) is 0 Å². The monoisotopic (exact) mass is 975 g/mol. The van der Waals surface area contributed by atoms with Crippen molar-refractivity contribution >= 4 is 67.4 Å². The van der Waals surface area contributed by atoms with Crippen molar-refractivity contribution in [1.82, 2.24) is 5.32 Å². The van der Waals surface area contributed by atoms with Gasteiger partial charge in [-0.25, -0.2) is 9.59 Å². The SMILES string of the molecule is CC(=O)O[C@H]1C(=O)[C@@]2(C)C([C@H](OC(=O)c3ccccc3)[C@]3(O)C[C@H](OC(=O)[C@H](O)[C@@H](NC(=O)[C@@H](Br)[C@H](C)Br)c4ccccc4)C(C)=C1C3(C)C)[C@]1(OC(C)=O)CO[C@@H]1C[C@@H]2O. The predicted octanol–water partition coefficient (Wildman–Crippen LogP) is 3.97. The number of fused-ring (bicyclic) bond motifs is 5. The lowest BCUT2D eigenvalue weighted by Crippen LogP contribution is -2.82. The molecule has 13 atom stereocenters. The summed E-state index contributed by atoms with van der Waals surface area (Å²) in [6.45, 7) is 9.70. The van der Waals surface area contributed by atoms with Crippen LogP contribution in [0.4, 0.5) is 0 Å². The molecule has 61 heavy (non-hydrogen) atoms. The second-order valence-electron chi connectivity index (χ2n) is 17.1. The van der Waals surface area contributed by atoms with Crippen LogP contribution in [0.2, 0.25) is 0 Å².